The average molecular weight is 337 g/mol. The lowest BCUT2D eigenvalue weighted by Gasteiger charge is -2.32. The van der Waals surface area contributed by atoms with Crippen LogP contribution in [0.2, 0.25) is 0 Å². The van der Waals surface area contributed by atoms with Crippen LogP contribution in [0.25, 0.3) is 0 Å². The molecular weight excluding hydrogens is 292 g/mol. The van der Waals surface area contributed by atoms with Gasteiger partial charge in [-0.1, -0.05) is 78.1 Å². The van der Waals surface area contributed by atoms with Gasteiger partial charge in [-0.15, -0.1) is 0 Å². The van der Waals surface area contributed by atoms with Crippen molar-refractivity contribution in [2.45, 2.75) is 123 Å². The number of ether oxygens (including phenoxy) is 1. The minimum atomic E-state index is 0.592. The lowest BCUT2D eigenvalue weighted by atomic mass is 9.80. The summed E-state index contributed by atoms with van der Waals surface area (Å²) < 4.78 is 6.32. The minimum Gasteiger partial charge on any atom is -0.378 e. The van der Waals surface area contributed by atoms with E-state index < -0.39 is 0 Å². The van der Waals surface area contributed by atoms with E-state index in [0.29, 0.717) is 6.10 Å². The van der Waals surface area contributed by atoms with Crippen LogP contribution in [0.3, 0.4) is 0 Å². The second kappa shape index (κ2) is 12.3. The monoisotopic (exact) mass is 336 g/mol. The third kappa shape index (κ3) is 7.89. The van der Waals surface area contributed by atoms with Crippen molar-refractivity contribution in [1.82, 2.24) is 0 Å². The molecule has 0 unspecified atom stereocenters. The quantitative estimate of drug-likeness (QED) is 0.354. The molecule has 0 aromatic carbocycles. The van der Waals surface area contributed by atoms with E-state index in [1.54, 1.807) is 0 Å². The number of hydrogen-bond acceptors (Lipinski definition) is 1. The Balaban J connectivity index is 1.48. The molecule has 0 aromatic rings. The van der Waals surface area contributed by atoms with Crippen molar-refractivity contribution in [3.63, 3.8) is 0 Å². The maximum atomic E-state index is 6.32. The summed E-state index contributed by atoms with van der Waals surface area (Å²) in [6.07, 6.45) is 23.4. The standard InChI is InChI=1S/C23H44O/c1-3-5-6-7-8-10-21-15-17-23(18-16-21)24-19-22-13-11-20(9-4-2)12-14-22/h20-23H,3-19H2,1-2H3/t20-,21-,22-,23-. The van der Waals surface area contributed by atoms with Gasteiger partial charge in [0.05, 0.1) is 6.10 Å². The molecule has 0 N–H and O–H groups in total. The molecule has 1 nitrogen and oxygen atoms in total. The van der Waals surface area contributed by atoms with Gasteiger partial charge in [-0.05, 0) is 56.3 Å². The highest BCUT2D eigenvalue weighted by atomic mass is 16.5. The Morgan fingerprint density at radius 2 is 1.17 bits per heavy atom. The number of rotatable bonds is 11. The van der Waals surface area contributed by atoms with E-state index in [2.05, 4.69) is 13.8 Å². The van der Waals surface area contributed by atoms with E-state index in [4.69, 9.17) is 4.74 Å². The maximum absolute atomic E-state index is 6.32. The fourth-order valence-corrected chi connectivity index (χ4v) is 4.99. The largest absolute Gasteiger partial charge is 0.378 e. The molecule has 2 rings (SSSR count). The van der Waals surface area contributed by atoms with Gasteiger partial charge in [0.25, 0.3) is 0 Å². The molecule has 0 aliphatic heterocycles. The first-order valence-electron chi connectivity index (χ1n) is 11.4. The van der Waals surface area contributed by atoms with Crippen LogP contribution in [0.15, 0.2) is 0 Å². The van der Waals surface area contributed by atoms with Gasteiger partial charge in [0.1, 0.15) is 0 Å². The second-order valence-electron chi connectivity index (χ2n) is 8.85. The van der Waals surface area contributed by atoms with Crippen LogP contribution in [-0.4, -0.2) is 12.7 Å². The summed E-state index contributed by atoms with van der Waals surface area (Å²) in [5, 5.41) is 0. The van der Waals surface area contributed by atoms with Gasteiger partial charge in [-0.3, -0.25) is 0 Å². The van der Waals surface area contributed by atoms with E-state index in [0.717, 1.165) is 24.4 Å². The van der Waals surface area contributed by atoms with E-state index >= 15 is 0 Å². The van der Waals surface area contributed by atoms with Crippen LogP contribution in [0, 0.1) is 17.8 Å². The van der Waals surface area contributed by atoms with E-state index in [1.807, 2.05) is 0 Å². The predicted octanol–water partition coefficient (Wildman–Crippen LogP) is 7.53. The molecule has 2 aliphatic rings. The Labute approximate surface area is 152 Å². The molecule has 2 fully saturated rings. The molecule has 0 radical (unpaired) electrons. The van der Waals surface area contributed by atoms with Crippen molar-refractivity contribution in [2.75, 3.05) is 6.61 Å². The average Bonchev–Trinajstić information content (AvgIpc) is 2.62. The fourth-order valence-electron chi connectivity index (χ4n) is 4.99. The van der Waals surface area contributed by atoms with Crippen molar-refractivity contribution in [3.8, 4) is 0 Å². The zero-order valence-electron chi connectivity index (χ0n) is 16.7. The smallest absolute Gasteiger partial charge is 0.0575 e. The first-order chi connectivity index (χ1) is 11.8. The first kappa shape index (κ1) is 20.3. The maximum Gasteiger partial charge on any atom is 0.0575 e. The number of unbranched alkanes of at least 4 members (excludes halogenated alkanes) is 4. The van der Waals surface area contributed by atoms with Crippen LogP contribution in [0.4, 0.5) is 0 Å². The summed E-state index contributed by atoms with van der Waals surface area (Å²) in [4.78, 5) is 0. The zero-order chi connectivity index (χ0) is 17.0. The van der Waals surface area contributed by atoms with Gasteiger partial charge in [0, 0.05) is 6.61 Å². The lowest BCUT2D eigenvalue weighted by molar-refractivity contribution is -0.0104. The Morgan fingerprint density at radius 1 is 0.583 bits per heavy atom. The molecule has 0 atom stereocenters. The fraction of sp³-hybridized carbons (Fsp3) is 1.00. The SMILES string of the molecule is CCCCCCC[C@H]1CC[C@H](OC[C@H]2CC[C@H](CCC)CC2)CC1. The zero-order valence-corrected chi connectivity index (χ0v) is 16.7. The molecule has 2 aliphatic carbocycles. The molecule has 0 heterocycles. The van der Waals surface area contributed by atoms with Gasteiger partial charge >= 0.3 is 0 Å². The molecule has 2 saturated carbocycles. The summed E-state index contributed by atoms with van der Waals surface area (Å²) in [6.45, 7) is 5.69. The normalized spacial score (nSPS) is 31.2. The van der Waals surface area contributed by atoms with Crippen LogP contribution in [-0.2, 0) is 4.74 Å². The number of hydrogen-bond donors (Lipinski definition) is 0. The highest BCUT2D eigenvalue weighted by molar-refractivity contribution is 4.75. The summed E-state index contributed by atoms with van der Waals surface area (Å²) in [7, 11) is 0. The van der Waals surface area contributed by atoms with Gasteiger partial charge in [0.15, 0.2) is 0 Å². The van der Waals surface area contributed by atoms with Crippen molar-refractivity contribution >= 4 is 0 Å². The third-order valence-corrected chi connectivity index (χ3v) is 6.74. The van der Waals surface area contributed by atoms with Gasteiger partial charge in [-0.2, -0.15) is 0 Å². The molecule has 0 aromatic heterocycles. The van der Waals surface area contributed by atoms with E-state index in [1.165, 1.54) is 103 Å². The van der Waals surface area contributed by atoms with Crippen LogP contribution >= 0.6 is 0 Å². The third-order valence-electron chi connectivity index (χ3n) is 6.74. The van der Waals surface area contributed by atoms with Crippen molar-refractivity contribution < 1.29 is 4.74 Å². The summed E-state index contributed by atoms with van der Waals surface area (Å²) in [6, 6.07) is 0. The van der Waals surface area contributed by atoms with Crippen LogP contribution < -0.4 is 0 Å². The Kier molecular flexibility index (Phi) is 10.4. The van der Waals surface area contributed by atoms with E-state index in [-0.39, 0.29) is 0 Å². The highest BCUT2D eigenvalue weighted by Gasteiger charge is 2.24. The summed E-state index contributed by atoms with van der Waals surface area (Å²) in [5.41, 5.74) is 0. The Morgan fingerprint density at radius 3 is 1.83 bits per heavy atom. The molecule has 24 heavy (non-hydrogen) atoms. The van der Waals surface area contributed by atoms with Gasteiger partial charge < -0.3 is 4.74 Å². The van der Waals surface area contributed by atoms with Gasteiger partial charge in [0.2, 0.25) is 0 Å². The Hall–Kier alpha value is -0.0400. The second-order valence-corrected chi connectivity index (χ2v) is 8.85. The van der Waals surface area contributed by atoms with Crippen LogP contribution in [0.1, 0.15) is 117 Å². The summed E-state index contributed by atoms with van der Waals surface area (Å²) >= 11 is 0. The molecule has 0 bridgehead atoms. The molecular formula is C23H44O. The van der Waals surface area contributed by atoms with E-state index in [9.17, 15) is 0 Å². The topological polar surface area (TPSA) is 9.23 Å². The van der Waals surface area contributed by atoms with Gasteiger partial charge in [-0.25, -0.2) is 0 Å². The Bertz CT molecular complexity index is 284. The minimum absolute atomic E-state index is 0.592. The van der Waals surface area contributed by atoms with Crippen molar-refractivity contribution in [3.05, 3.63) is 0 Å². The van der Waals surface area contributed by atoms with Crippen molar-refractivity contribution in [1.29, 1.82) is 0 Å². The summed E-state index contributed by atoms with van der Waals surface area (Å²) in [5.74, 6) is 2.91. The molecule has 1 heteroatoms. The molecule has 0 saturated heterocycles. The van der Waals surface area contributed by atoms with Crippen molar-refractivity contribution in [2.24, 2.45) is 17.8 Å². The molecule has 142 valence electrons. The lowest BCUT2D eigenvalue weighted by Crippen LogP contribution is -2.26. The van der Waals surface area contributed by atoms with Crippen LogP contribution in [0.5, 0.6) is 0 Å². The predicted molar refractivity (Wildman–Crippen MR) is 105 cm³/mol. The first-order valence-corrected chi connectivity index (χ1v) is 11.4. The molecule has 0 amide bonds. The molecule has 0 spiro atoms. The highest BCUT2D eigenvalue weighted by Crippen LogP contribution is 2.34.